The van der Waals surface area contributed by atoms with Gasteiger partial charge in [0, 0.05) is 31.2 Å². The molecule has 1 N–H and O–H groups in total. The third-order valence-electron chi connectivity index (χ3n) is 6.43. The fraction of sp³-hybridized carbons (Fsp3) is 0.222. The van der Waals surface area contributed by atoms with Gasteiger partial charge >= 0.3 is 0 Å². The predicted molar refractivity (Wildman–Crippen MR) is 152 cm³/mol. The van der Waals surface area contributed by atoms with Gasteiger partial charge in [0.2, 0.25) is 0 Å². The molecule has 4 aromatic rings. The first-order valence-corrected chi connectivity index (χ1v) is 14.2. The largest absolute Gasteiger partial charge is 0.345 e. The average Bonchev–Trinajstić information content (AvgIpc) is 3.71. The van der Waals surface area contributed by atoms with Crippen LogP contribution < -0.4 is 5.32 Å². The molecule has 0 unspecified atom stereocenters. The molecule has 1 aliphatic rings. The lowest BCUT2D eigenvalue weighted by molar-refractivity contribution is -0.384. The number of aryl methyl sites for hydroxylation is 1. The molecule has 1 aliphatic heterocycles. The second kappa shape index (κ2) is 11.8. The quantitative estimate of drug-likeness (QED) is 0.176. The zero-order chi connectivity index (χ0) is 28.2. The number of nitrogens with one attached hydrogen (secondary N) is 1. The molecule has 0 bridgehead atoms. The van der Waals surface area contributed by atoms with Gasteiger partial charge in [-0.05, 0) is 36.1 Å². The van der Waals surface area contributed by atoms with Crippen molar-refractivity contribution in [2.24, 2.45) is 12.1 Å². The maximum atomic E-state index is 13.4. The molecule has 2 aromatic heterocycles. The highest BCUT2D eigenvalue weighted by molar-refractivity contribution is 7.99. The van der Waals surface area contributed by atoms with Crippen LogP contribution in [0.1, 0.15) is 44.6 Å². The molecule has 1 atom stereocenters. The highest BCUT2D eigenvalue weighted by Crippen LogP contribution is 2.34. The van der Waals surface area contributed by atoms with Crippen molar-refractivity contribution in [1.29, 1.82) is 0 Å². The molecule has 204 valence electrons. The van der Waals surface area contributed by atoms with Crippen LogP contribution >= 0.6 is 23.1 Å². The summed E-state index contributed by atoms with van der Waals surface area (Å²) in [5.74, 6) is 0.0861. The first kappa shape index (κ1) is 27.2. The molecular weight excluding hydrogens is 550 g/mol. The van der Waals surface area contributed by atoms with E-state index in [2.05, 4.69) is 15.5 Å². The Kier molecular flexibility index (Phi) is 8.03. The molecule has 0 radical (unpaired) electrons. The Hall–Kier alpha value is -4.36. The number of nitro benzene ring substituents is 1. The smallest absolute Gasteiger partial charge is 0.269 e. The van der Waals surface area contributed by atoms with Gasteiger partial charge < -0.3 is 9.88 Å². The van der Waals surface area contributed by atoms with Gasteiger partial charge in [0.1, 0.15) is 0 Å². The van der Waals surface area contributed by atoms with E-state index in [0.717, 1.165) is 21.7 Å². The molecule has 11 nitrogen and oxygen atoms in total. The number of thiophene rings is 1. The first-order chi connectivity index (χ1) is 19.3. The Morgan fingerprint density at radius 1 is 1.12 bits per heavy atom. The van der Waals surface area contributed by atoms with Crippen molar-refractivity contribution in [2.75, 3.05) is 5.75 Å². The lowest BCUT2D eigenvalue weighted by Crippen LogP contribution is -2.28. The number of benzene rings is 2. The van der Waals surface area contributed by atoms with Crippen LogP contribution in [-0.2, 0) is 18.4 Å². The van der Waals surface area contributed by atoms with Crippen LogP contribution in [0.4, 0.5) is 5.69 Å². The summed E-state index contributed by atoms with van der Waals surface area (Å²) < 4.78 is 1.72. The molecule has 2 amide bonds. The van der Waals surface area contributed by atoms with E-state index in [1.54, 1.807) is 28.0 Å². The summed E-state index contributed by atoms with van der Waals surface area (Å²) >= 11 is 2.85. The van der Waals surface area contributed by atoms with Gasteiger partial charge in [-0.2, -0.15) is 5.10 Å². The number of carbonyl (C=O) groups is 2. The van der Waals surface area contributed by atoms with Crippen molar-refractivity contribution >= 4 is 46.3 Å². The minimum atomic E-state index is -0.521. The molecule has 40 heavy (non-hydrogen) atoms. The zero-order valence-corrected chi connectivity index (χ0v) is 23.3. The second-order valence-corrected chi connectivity index (χ2v) is 11.0. The number of hydrazone groups is 1. The van der Waals surface area contributed by atoms with Crippen LogP contribution in [0.25, 0.3) is 0 Å². The molecular formula is C27H25N7O4S2. The predicted octanol–water partition coefficient (Wildman–Crippen LogP) is 4.49. The molecule has 0 spiro atoms. The summed E-state index contributed by atoms with van der Waals surface area (Å²) in [4.78, 5) is 37.2. The summed E-state index contributed by atoms with van der Waals surface area (Å²) in [6.07, 6.45) is 0.641. The fourth-order valence-corrected chi connectivity index (χ4v) is 5.70. The Morgan fingerprint density at radius 3 is 2.55 bits per heavy atom. The van der Waals surface area contributed by atoms with Crippen LogP contribution in [-0.4, -0.2) is 48.0 Å². The molecule has 0 aliphatic carbocycles. The number of hydrogen-bond donors (Lipinski definition) is 1. The van der Waals surface area contributed by atoms with Gasteiger partial charge in [-0.3, -0.25) is 19.7 Å². The van der Waals surface area contributed by atoms with Gasteiger partial charge in [-0.1, -0.05) is 47.7 Å². The van der Waals surface area contributed by atoms with Gasteiger partial charge in [0.05, 0.1) is 33.9 Å². The molecule has 3 heterocycles. The van der Waals surface area contributed by atoms with Gasteiger partial charge in [0.25, 0.3) is 17.5 Å². The van der Waals surface area contributed by atoms with E-state index in [1.165, 1.54) is 36.0 Å². The molecule has 13 heteroatoms. The summed E-state index contributed by atoms with van der Waals surface area (Å²) in [5.41, 5.74) is 3.28. The molecule has 5 rings (SSSR count). The second-order valence-electron chi connectivity index (χ2n) is 9.13. The van der Waals surface area contributed by atoms with E-state index < -0.39 is 10.8 Å². The number of non-ortho nitro benzene ring substituents is 1. The van der Waals surface area contributed by atoms with E-state index in [0.29, 0.717) is 23.0 Å². The third-order valence-corrected chi connectivity index (χ3v) is 8.35. The van der Waals surface area contributed by atoms with Gasteiger partial charge in [-0.25, -0.2) is 5.01 Å². The van der Waals surface area contributed by atoms with Crippen molar-refractivity contribution in [2.45, 2.75) is 31.1 Å². The number of nitrogens with zero attached hydrogens (tertiary/aromatic N) is 6. The van der Waals surface area contributed by atoms with Crippen molar-refractivity contribution in [3.8, 4) is 0 Å². The van der Waals surface area contributed by atoms with Crippen molar-refractivity contribution < 1.29 is 14.5 Å². The number of nitro groups is 1. The summed E-state index contributed by atoms with van der Waals surface area (Å²) in [6, 6.07) is 17.3. The topological polar surface area (TPSA) is 136 Å². The SMILES string of the molecule is Cc1ccc([C@@H]2CC(c3cccs3)=NN2C(=O)CSc2nnc(CNC(=O)c3ccc([N+](=O)[O-])cc3)n2C)cc1. The van der Waals surface area contributed by atoms with Crippen LogP contribution in [0.5, 0.6) is 0 Å². The number of thioether (sulfide) groups is 1. The number of aromatic nitrogens is 3. The monoisotopic (exact) mass is 575 g/mol. The number of carbonyl (C=O) groups excluding carboxylic acids is 2. The summed E-state index contributed by atoms with van der Waals surface area (Å²) in [7, 11) is 1.76. The average molecular weight is 576 g/mol. The van der Waals surface area contributed by atoms with Crippen LogP contribution in [0, 0.1) is 17.0 Å². The lowest BCUT2D eigenvalue weighted by Gasteiger charge is -2.22. The van der Waals surface area contributed by atoms with E-state index in [1.807, 2.05) is 48.7 Å². The van der Waals surface area contributed by atoms with E-state index in [4.69, 9.17) is 5.10 Å². The van der Waals surface area contributed by atoms with E-state index in [-0.39, 0.29) is 29.9 Å². The van der Waals surface area contributed by atoms with Gasteiger partial charge in [0.15, 0.2) is 11.0 Å². The van der Waals surface area contributed by atoms with Crippen LogP contribution in [0.15, 0.2) is 76.3 Å². The highest BCUT2D eigenvalue weighted by atomic mass is 32.2. The Labute approximate surface area is 238 Å². The summed E-state index contributed by atoms with van der Waals surface area (Å²) in [6.45, 7) is 2.13. The van der Waals surface area contributed by atoms with Crippen molar-refractivity contribution in [3.05, 3.63) is 104 Å². The molecule has 0 saturated carbocycles. The number of rotatable bonds is 9. The maximum Gasteiger partial charge on any atom is 0.269 e. The summed E-state index contributed by atoms with van der Waals surface area (Å²) in [5, 5.41) is 30.7. The third kappa shape index (κ3) is 5.95. The van der Waals surface area contributed by atoms with E-state index in [9.17, 15) is 19.7 Å². The Bertz CT molecular complexity index is 1570. The fourth-order valence-electron chi connectivity index (χ4n) is 4.19. The Balaban J connectivity index is 1.22. The van der Waals surface area contributed by atoms with Crippen molar-refractivity contribution in [3.63, 3.8) is 0 Å². The standard InChI is InChI=1S/C27H25N7O4S2/c1-17-5-7-18(8-6-17)22-14-21(23-4-3-13-39-23)31-33(22)25(35)16-40-27-30-29-24(32(27)2)15-28-26(36)19-9-11-20(12-10-19)34(37)38/h3-13,22H,14-16H2,1-2H3,(H,28,36)/t22-/m0/s1. The number of amides is 2. The number of hydrogen-bond acceptors (Lipinski definition) is 9. The molecule has 0 saturated heterocycles. The lowest BCUT2D eigenvalue weighted by atomic mass is 10.00. The molecule has 2 aromatic carbocycles. The molecule has 0 fully saturated rings. The van der Waals surface area contributed by atoms with Gasteiger partial charge in [-0.15, -0.1) is 21.5 Å². The maximum absolute atomic E-state index is 13.4. The Morgan fingerprint density at radius 2 is 1.88 bits per heavy atom. The highest BCUT2D eigenvalue weighted by Gasteiger charge is 2.33. The van der Waals surface area contributed by atoms with Crippen LogP contribution in [0.2, 0.25) is 0 Å². The zero-order valence-electron chi connectivity index (χ0n) is 21.7. The van der Waals surface area contributed by atoms with Crippen LogP contribution in [0.3, 0.4) is 0 Å². The van der Waals surface area contributed by atoms with E-state index >= 15 is 0 Å². The minimum absolute atomic E-state index is 0.0892. The first-order valence-electron chi connectivity index (χ1n) is 12.3. The minimum Gasteiger partial charge on any atom is -0.345 e. The normalized spacial score (nSPS) is 14.7. The van der Waals surface area contributed by atoms with Crippen molar-refractivity contribution in [1.82, 2.24) is 25.1 Å².